The van der Waals surface area contributed by atoms with Gasteiger partial charge in [0.15, 0.2) is 6.29 Å². The summed E-state index contributed by atoms with van der Waals surface area (Å²) in [5.74, 6) is -5.15. The Bertz CT molecular complexity index is 1300. The van der Waals surface area contributed by atoms with Crippen molar-refractivity contribution in [1.29, 1.82) is 0 Å². The second-order valence-electron chi connectivity index (χ2n) is 10.3. The molecule has 0 spiro atoms. The van der Waals surface area contributed by atoms with Crippen molar-refractivity contribution in [3.05, 3.63) is 47.7 Å². The molecule has 13 heteroatoms. The molecule has 2 amide bonds. The number of hydrogen-bond donors (Lipinski definition) is 3. The standard InChI is InChI=1S/C28H36F2N8O3/c29-28(30)14-21(28)27(41)37-12-8-20(9-13-37)38-17-24(25(18-39)36-38)35-26(40)23-7-5-6-22(34-23)19(15-32)16-33-11-4-2-1-3-10-31/h5-7,15-18,20-21H,1-4,8-14,31-32H2,(H,35,40). The van der Waals surface area contributed by atoms with Gasteiger partial charge >= 0.3 is 0 Å². The predicted octanol–water partition coefficient (Wildman–Crippen LogP) is 3.05. The fourth-order valence-electron chi connectivity index (χ4n) is 4.80. The number of hydrogen-bond acceptors (Lipinski definition) is 8. The molecule has 0 aromatic carbocycles. The summed E-state index contributed by atoms with van der Waals surface area (Å²) in [5, 5.41) is 7.00. The number of unbranched alkanes of at least 4 members (excludes halogenated alkanes) is 3. The molecule has 2 aromatic heterocycles. The first-order chi connectivity index (χ1) is 19.8. The molecule has 3 heterocycles. The third kappa shape index (κ3) is 7.60. The van der Waals surface area contributed by atoms with Gasteiger partial charge in [-0.3, -0.25) is 24.1 Å². The van der Waals surface area contributed by atoms with Crippen LogP contribution in [0.15, 0.2) is 35.6 Å². The van der Waals surface area contributed by atoms with E-state index in [4.69, 9.17) is 11.5 Å². The van der Waals surface area contributed by atoms with Gasteiger partial charge in [-0.1, -0.05) is 18.9 Å². The average molecular weight is 571 g/mol. The van der Waals surface area contributed by atoms with Gasteiger partial charge in [0.05, 0.1) is 17.4 Å². The lowest BCUT2D eigenvalue weighted by atomic mass is 10.0. The highest BCUT2D eigenvalue weighted by molar-refractivity contribution is 6.10. The number of allylic oxidation sites excluding steroid dienone is 1. The van der Waals surface area contributed by atoms with Gasteiger partial charge in [0, 0.05) is 50.2 Å². The Morgan fingerprint density at radius 3 is 2.51 bits per heavy atom. The number of anilines is 1. The second-order valence-corrected chi connectivity index (χ2v) is 10.3. The molecule has 1 saturated carbocycles. The molecule has 1 aliphatic carbocycles. The first-order valence-corrected chi connectivity index (χ1v) is 13.9. The molecule has 1 aliphatic heterocycles. The number of aromatic nitrogens is 3. The summed E-state index contributed by atoms with van der Waals surface area (Å²) in [4.78, 5) is 47.3. The van der Waals surface area contributed by atoms with Crippen molar-refractivity contribution >= 4 is 35.6 Å². The Kier molecular flexibility index (Phi) is 9.92. The Morgan fingerprint density at radius 2 is 1.85 bits per heavy atom. The summed E-state index contributed by atoms with van der Waals surface area (Å²) < 4.78 is 28.2. The maximum atomic E-state index is 13.3. The summed E-state index contributed by atoms with van der Waals surface area (Å²) in [6, 6.07) is 4.79. The Balaban J connectivity index is 1.35. The topological polar surface area (TPSA) is 162 Å². The minimum absolute atomic E-state index is 0.0479. The monoisotopic (exact) mass is 570 g/mol. The largest absolute Gasteiger partial charge is 0.404 e. The SMILES string of the molecule is NC=C(C=NCCCCCCN)c1cccc(C(=O)Nc2cn(C3CCN(C(=O)C4CC4(F)F)CC3)nc2C=O)n1. The minimum atomic E-state index is -2.89. The van der Waals surface area contributed by atoms with Crippen LogP contribution in [0.3, 0.4) is 0 Å². The normalized spacial score (nSPS) is 19.0. The summed E-state index contributed by atoms with van der Waals surface area (Å²) in [6.07, 6.45) is 9.77. The third-order valence-electron chi connectivity index (χ3n) is 7.32. The zero-order valence-corrected chi connectivity index (χ0v) is 22.8. The Morgan fingerprint density at radius 1 is 1.15 bits per heavy atom. The van der Waals surface area contributed by atoms with E-state index in [1.807, 2.05) is 0 Å². The number of nitrogens with zero attached hydrogens (tertiary/aromatic N) is 5. The van der Waals surface area contributed by atoms with Crippen LogP contribution in [0.4, 0.5) is 14.5 Å². The van der Waals surface area contributed by atoms with E-state index in [2.05, 4.69) is 20.4 Å². The first-order valence-electron chi connectivity index (χ1n) is 13.9. The molecule has 2 fully saturated rings. The van der Waals surface area contributed by atoms with E-state index in [0.717, 1.165) is 25.7 Å². The smallest absolute Gasteiger partial charge is 0.274 e. The lowest BCUT2D eigenvalue weighted by Crippen LogP contribution is -2.40. The number of carbonyl (C=O) groups excluding carboxylic acids is 3. The fourth-order valence-corrected chi connectivity index (χ4v) is 4.80. The molecular weight excluding hydrogens is 534 g/mol. The molecule has 4 rings (SSSR count). The number of piperidine rings is 1. The molecule has 2 aromatic rings. The predicted molar refractivity (Wildman–Crippen MR) is 151 cm³/mol. The zero-order valence-electron chi connectivity index (χ0n) is 22.8. The van der Waals surface area contributed by atoms with Gasteiger partial charge in [-0.2, -0.15) is 5.10 Å². The lowest BCUT2D eigenvalue weighted by molar-refractivity contribution is -0.136. The summed E-state index contributed by atoms with van der Waals surface area (Å²) in [5.41, 5.74) is 12.7. The van der Waals surface area contributed by atoms with Crippen molar-refractivity contribution in [2.75, 3.05) is 31.5 Å². The van der Waals surface area contributed by atoms with Crippen LogP contribution in [-0.4, -0.2) is 76.1 Å². The number of likely N-dealkylation sites (tertiary alicyclic amines) is 1. The van der Waals surface area contributed by atoms with Crippen molar-refractivity contribution in [2.45, 2.75) is 56.9 Å². The number of nitrogens with one attached hydrogen (secondary N) is 1. The maximum absolute atomic E-state index is 13.3. The van der Waals surface area contributed by atoms with Gasteiger partial charge < -0.3 is 21.7 Å². The van der Waals surface area contributed by atoms with E-state index >= 15 is 0 Å². The molecule has 11 nitrogen and oxygen atoms in total. The van der Waals surface area contributed by atoms with Gasteiger partial charge in [0.1, 0.15) is 17.3 Å². The number of alkyl halides is 2. The number of rotatable bonds is 13. The number of aliphatic imine (C=N–C) groups is 1. The van der Waals surface area contributed by atoms with Gasteiger partial charge in [0.2, 0.25) is 5.91 Å². The number of pyridine rings is 1. The Labute approximate surface area is 237 Å². The highest BCUT2D eigenvalue weighted by atomic mass is 19.3. The highest BCUT2D eigenvalue weighted by Gasteiger charge is 2.62. The van der Waals surface area contributed by atoms with E-state index in [1.165, 1.54) is 11.1 Å². The third-order valence-corrected chi connectivity index (χ3v) is 7.32. The second kappa shape index (κ2) is 13.6. The minimum Gasteiger partial charge on any atom is -0.404 e. The van der Waals surface area contributed by atoms with E-state index in [0.29, 0.717) is 56.6 Å². The lowest BCUT2D eigenvalue weighted by Gasteiger charge is -2.32. The van der Waals surface area contributed by atoms with Crippen LogP contribution in [0.1, 0.15) is 77.7 Å². The van der Waals surface area contributed by atoms with E-state index in [-0.39, 0.29) is 29.5 Å². The van der Waals surface area contributed by atoms with Gasteiger partial charge in [-0.05, 0) is 44.4 Å². The molecular formula is C28H36F2N8O3. The number of nitrogens with two attached hydrogens (primary N) is 2. The van der Waals surface area contributed by atoms with Crippen LogP contribution in [-0.2, 0) is 4.79 Å². The van der Waals surface area contributed by atoms with Crippen molar-refractivity contribution < 1.29 is 23.2 Å². The van der Waals surface area contributed by atoms with Crippen LogP contribution < -0.4 is 16.8 Å². The summed E-state index contributed by atoms with van der Waals surface area (Å²) in [6.45, 7) is 1.97. The molecule has 220 valence electrons. The molecule has 0 bridgehead atoms. The van der Waals surface area contributed by atoms with Gasteiger partial charge in [0.25, 0.3) is 11.8 Å². The van der Waals surface area contributed by atoms with Crippen molar-refractivity contribution in [1.82, 2.24) is 19.7 Å². The van der Waals surface area contributed by atoms with Crippen LogP contribution >= 0.6 is 0 Å². The van der Waals surface area contributed by atoms with E-state index in [9.17, 15) is 23.2 Å². The molecule has 0 radical (unpaired) electrons. The maximum Gasteiger partial charge on any atom is 0.274 e. The summed E-state index contributed by atoms with van der Waals surface area (Å²) >= 11 is 0. The molecule has 1 unspecified atom stereocenters. The number of aldehydes is 1. The van der Waals surface area contributed by atoms with Crippen molar-refractivity contribution in [2.24, 2.45) is 22.4 Å². The Hall–Kier alpha value is -4.00. The van der Waals surface area contributed by atoms with Crippen molar-refractivity contribution in [3.8, 4) is 0 Å². The van der Waals surface area contributed by atoms with Gasteiger partial charge in [-0.25, -0.2) is 13.8 Å². The van der Waals surface area contributed by atoms with E-state index < -0.39 is 23.7 Å². The molecule has 1 saturated heterocycles. The molecule has 5 N–H and O–H groups in total. The van der Waals surface area contributed by atoms with Crippen LogP contribution in [0.25, 0.3) is 5.57 Å². The van der Waals surface area contributed by atoms with Crippen LogP contribution in [0, 0.1) is 5.92 Å². The van der Waals surface area contributed by atoms with Crippen molar-refractivity contribution in [3.63, 3.8) is 0 Å². The highest BCUT2D eigenvalue weighted by Crippen LogP contribution is 2.49. The van der Waals surface area contributed by atoms with Gasteiger partial charge in [-0.15, -0.1) is 0 Å². The molecule has 1 atom stereocenters. The van der Waals surface area contributed by atoms with E-state index in [1.54, 1.807) is 35.3 Å². The first kappa shape index (κ1) is 30.0. The van der Waals surface area contributed by atoms with Crippen LogP contribution in [0.5, 0.6) is 0 Å². The number of carbonyl (C=O) groups is 3. The molecule has 41 heavy (non-hydrogen) atoms. The number of amides is 2. The molecule has 2 aliphatic rings. The van der Waals surface area contributed by atoms with Crippen LogP contribution in [0.2, 0.25) is 0 Å². The fraction of sp³-hybridized carbons (Fsp3) is 0.500. The number of halogens is 2. The summed E-state index contributed by atoms with van der Waals surface area (Å²) in [7, 11) is 0. The quantitative estimate of drug-likeness (QED) is 0.189. The average Bonchev–Trinajstić information content (AvgIpc) is 3.43. The zero-order chi connectivity index (χ0) is 29.4.